The number of anilines is 2. The first-order valence-electron chi connectivity index (χ1n) is 9.38. The van der Waals surface area contributed by atoms with E-state index in [-0.39, 0.29) is 17.2 Å². The highest BCUT2D eigenvalue weighted by atomic mass is 19.1. The fraction of sp³-hybridized carbons (Fsp3) is 0.250. The summed E-state index contributed by atoms with van der Waals surface area (Å²) >= 11 is 0. The zero-order valence-electron chi connectivity index (χ0n) is 15.5. The van der Waals surface area contributed by atoms with Crippen molar-refractivity contribution in [1.29, 1.82) is 0 Å². The second-order valence-corrected chi connectivity index (χ2v) is 7.33. The topological polar surface area (TPSA) is 91.4 Å². The molecule has 4 aromatic rings. The van der Waals surface area contributed by atoms with Crippen molar-refractivity contribution in [3.8, 4) is 0 Å². The van der Waals surface area contributed by atoms with Gasteiger partial charge < -0.3 is 10.3 Å². The number of fused-ring (bicyclic) bond motifs is 1. The molecule has 29 heavy (non-hydrogen) atoms. The van der Waals surface area contributed by atoms with Crippen LogP contribution in [0.25, 0.3) is 11.2 Å². The Kier molecular flexibility index (Phi) is 3.97. The Bertz CT molecular complexity index is 1250. The average Bonchev–Trinajstić information content (AvgIpc) is 3.36. The van der Waals surface area contributed by atoms with Crippen LogP contribution in [0.2, 0.25) is 0 Å². The molecule has 1 fully saturated rings. The van der Waals surface area contributed by atoms with E-state index in [1.54, 1.807) is 19.1 Å². The van der Waals surface area contributed by atoms with Crippen LogP contribution in [0.1, 0.15) is 43.0 Å². The smallest absolute Gasteiger partial charge is 0.321 e. The number of nitrogens with zero attached hydrogens (tertiary/aromatic N) is 3. The summed E-state index contributed by atoms with van der Waals surface area (Å²) in [5.41, 5.74) is 1.91. The number of pyridine rings is 1. The molecule has 1 aromatic carbocycles. The summed E-state index contributed by atoms with van der Waals surface area (Å²) in [7, 11) is 0. The highest BCUT2D eigenvalue weighted by Crippen LogP contribution is 2.39. The second kappa shape index (κ2) is 6.54. The van der Waals surface area contributed by atoms with Gasteiger partial charge in [0.15, 0.2) is 23.1 Å². The molecular formula is C20H18F2N6O. The minimum Gasteiger partial charge on any atom is -0.321 e. The van der Waals surface area contributed by atoms with E-state index in [1.807, 2.05) is 6.07 Å². The summed E-state index contributed by atoms with van der Waals surface area (Å²) in [6.07, 6.45) is 2.24. The molecule has 0 aliphatic heterocycles. The molecule has 148 valence electrons. The summed E-state index contributed by atoms with van der Waals surface area (Å²) < 4.78 is 29.2. The first-order chi connectivity index (χ1) is 14.0. The molecule has 1 aliphatic rings. The molecule has 1 aliphatic carbocycles. The zero-order valence-corrected chi connectivity index (χ0v) is 15.5. The summed E-state index contributed by atoms with van der Waals surface area (Å²) in [5.74, 6) is -0.0244. The van der Waals surface area contributed by atoms with E-state index < -0.39 is 17.5 Å². The average molecular weight is 396 g/mol. The Balaban J connectivity index is 1.54. The van der Waals surface area contributed by atoms with Crippen molar-refractivity contribution in [2.24, 2.45) is 0 Å². The highest BCUT2D eigenvalue weighted by molar-refractivity contribution is 5.74. The lowest BCUT2D eigenvalue weighted by molar-refractivity contribution is 0.610. The van der Waals surface area contributed by atoms with Gasteiger partial charge in [-0.3, -0.25) is 9.67 Å². The van der Waals surface area contributed by atoms with Crippen LogP contribution < -0.4 is 11.0 Å². The maximum atomic E-state index is 14.6. The number of aromatic nitrogens is 5. The van der Waals surface area contributed by atoms with Crippen LogP contribution in [0.4, 0.5) is 20.4 Å². The number of halogens is 2. The van der Waals surface area contributed by atoms with Gasteiger partial charge in [-0.25, -0.2) is 18.6 Å². The number of hydrogen-bond acceptors (Lipinski definition) is 4. The number of aromatic amines is 2. The summed E-state index contributed by atoms with van der Waals surface area (Å²) in [5, 5.41) is 9.99. The third-order valence-electron chi connectivity index (χ3n) is 5.25. The van der Waals surface area contributed by atoms with Gasteiger partial charge in [-0.2, -0.15) is 5.10 Å². The summed E-state index contributed by atoms with van der Waals surface area (Å²) in [6.45, 7) is 1.80. The maximum absolute atomic E-state index is 14.6. The van der Waals surface area contributed by atoms with E-state index in [9.17, 15) is 13.6 Å². The normalized spacial score (nSPS) is 15.0. The third-order valence-corrected chi connectivity index (χ3v) is 5.25. The van der Waals surface area contributed by atoms with Crippen LogP contribution in [-0.2, 0) is 0 Å². The number of imidazole rings is 1. The standard InChI is InChI=1S/C20H18F2N6O/c1-10(11-4-6-13(21)7-5-11)28-19-16(23-20(28)29)8-14(22)18(25-19)24-17-9-15(26-27-17)12-2-3-12/h4-10,12H,2-3H2,1H3,(H,23,29)(H2,24,25,26,27). The van der Waals surface area contributed by atoms with Gasteiger partial charge >= 0.3 is 5.69 Å². The lowest BCUT2D eigenvalue weighted by Gasteiger charge is -2.14. The second-order valence-electron chi connectivity index (χ2n) is 7.33. The molecule has 1 atom stereocenters. The maximum Gasteiger partial charge on any atom is 0.328 e. The molecular weight excluding hydrogens is 378 g/mol. The van der Waals surface area contributed by atoms with Gasteiger partial charge in [0, 0.05) is 23.7 Å². The van der Waals surface area contributed by atoms with Crippen LogP contribution >= 0.6 is 0 Å². The van der Waals surface area contributed by atoms with E-state index in [4.69, 9.17) is 0 Å². The molecule has 1 unspecified atom stereocenters. The van der Waals surface area contributed by atoms with Crippen LogP contribution in [0.3, 0.4) is 0 Å². The molecule has 0 saturated heterocycles. The minimum atomic E-state index is -0.601. The molecule has 0 spiro atoms. The lowest BCUT2D eigenvalue weighted by atomic mass is 10.1. The third kappa shape index (κ3) is 3.18. The predicted octanol–water partition coefficient (Wildman–Crippen LogP) is 3.96. The molecule has 3 N–H and O–H groups in total. The fourth-order valence-corrected chi connectivity index (χ4v) is 3.49. The molecule has 3 aromatic heterocycles. The quantitative estimate of drug-likeness (QED) is 0.476. The van der Waals surface area contributed by atoms with E-state index in [0.29, 0.717) is 17.4 Å². The number of rotatable bonds is 5. The van der Waals surface area contributed by atoms with Crippen LogP contribution in [-0.4, -0.2) is 24.7 Å². The van der Waals surface area contributed by atoms with Crippen LogP contribution in [0.15, 0.2) is 41.2 Å². The van der Waals surface area contributed by atoms with Crippen molar-refractivity contribution in [2.45, 2.75) is 31.7 Å². The highest BCUT2D eigenvalue weighted by Gasteiger charge is 2.26. The van der Waals surface area contributed by atoms with Gasteiger partial charge in [0.2, 0.25) is 0 Å². The van der Waals surface area contributed by atoms with Gasteiger partial charge in [0.05, 0.1) is 11.6 Å². The molecule has 3 heterocycles. The van der Waals surface area contributed by atoms with Gasteiger partial charge in [-0.05, 0) is 37.5 Å². The fourth-order valence-electron chi connectivity index (χ4n) is 3.49. The van der Waals surface area contributed by atoms with Gasteiger partial charge in [-0.1, -0.05) is 12.1 Å². The summed E-state index contributed by atoms with van der Waals surface area (Å²) in [4.78, 5) is 19.5. The van der Waals surface area contributed by atoms with Gasteiger partial charge in [-0.15, -0.1) is 0 Å². The largest absolute Gasteiger partial charge is 0.328 e. The predicted molar refractivity (Wildman–Crippen MR) is 104 cm³/mol. The van der Waals surface area contributed by atoms with Crippen molar-refractivity contribution in [3.05, 3.63) is 69.8 Å². The first kappa shape index (κ1) is 17.6. The van der Waals surface area contributed by atoms with Crippen molar-refractivity contribution in [2.75, 3.05) is 5.32 Å². The molecule has 5 rings (SSSR count). The Labute approximate surface area is 163 Å². The van der Waals surface area contributed by atoms with E-state index in [2.05, 4.69) is 25.5 Å². The van der Waals surface area contributed by atoms with Crippen LogP contribution in [0.5, 0.6) is 0 Å². The monoisotopic (exact) mass is 396 g/mol. The number of hydrogen-bond donors (Lipinski definition) is 3. The van der Waals surface area contributed by atoms with Crippen molar-refractivity contribution < 1.29 is 8.78 Å². The Morgan fingerprint density at radius 1 is 1.21 bits per heavy atom. The van der Waals surface area contributed by atoms with Gasteiger partial charge in [0.1, 0.15) is 5.82 Å². The number of nitrogens with one attached hydrogen (secondary N) is 3. The Morgan fingerprint density at radius 3 is 2.69 bits per heavy atom. The Morgan fingerprint density at radius 2 is 1.97 bits per heavy atom. The molecule has 0 bridgehead atoms. The number of benzene rings is 1. The molecule has 9 heteroatoms. The van der Waals surface area contributed by atoms with Crippen LogP contribution in [0, 0.1) is 11.6 Å². The molecule has 7 nitrogen and oxygen atoms in total. The first-order valence-corrected chi connectivity index (χ1v) is 9.38. The number of H-pyrrole nitrogens is 2. The molecule has 0 amide bonds. The van der Waals surface area contributed by atoms with E-state index in [0.717, 1.165) is 24.1 Å². The van der Waals surface area contributed by atoms with Crippen molar-refractivity contribution in [3.63, 3.8) is 0 Å². The van der Waals surface area contributed by atoms with E-state index in [1.165, 1.54) is 22.8 Å². The SMILES string of the molecule is CC(c1ccc(F)cc1)n1c(=O)[nH]c2cc(F)c(Nc3cc(C4CC4)[nH]n3)nc21. The van der Waals surface area contributed by atoms with Crippen molar-refractivity contribution >= 4 is 22.8 Å². The molecule has 0 radical (unpaired) electrons. The minimum absolute atomic E-state index is 0.0228. The molecule has 1 saturated carbocycles. The van der Waals surface area contributed by atoms with E-state index >= 15 is 0 Å². The van der Waals surface area contributed by atoms with Crippen molar-refractivity contribution in [1.82, 2.24) is 24.7 Å². The summed E-state index contributed by atoms with van der Waals surface area (Å²) in [6, 6.07) is 8.54. The lowest BCUT2D eigenvalue weighted by Crippen LogP contribution is -2.21. The zero-order chi connectivity index (χ0) is 20.1. The Hall–Kier alpha value is -3.49. The van der Waals surface area contributed by atoms with Gasteiger partial charge in [0.25, 0.3) is 0 Å².